The van der Waals surface area contributed by atoms with E-state index in [0.29, 0.717) is 0 Å². The number of carboxylic acid groups (broad SMARTS) is 1. The summed E-state index contributed by atoms with van der Waals surface area (Å²) in [6.45, 7) is 1.20. The minimum absolute atomic E-state index is 0.0256. The Morgan fingerprint density at radius 2 is 2.00 bits per heavy atom. The van der Waals surface area contributed by atoms with Crippen molar-refractivity contribution in [1.29, 1.82) is 0 Å². The summed E-state index contributed by atoms with van der Waals surface area (Å²) in [6.07, 6.45) is 1.29. The fraction of sp³-hybridized carbons (Fsp3) is 0.200. The molecule has 0 fully saturated rings. The van der Waals surface area contributed by atoms with Gasteiger partial charge in [-0.15, -0.1) is 0 Å². The Hall–Kier alpha value is -2.70. The van der Waals surface area contributed by atoms with Crippen molar-refractivity contribution in [2.24, 2.45) is 5.92 Å². The van der Waals surface area contributed by atoms with E-state index in [1.165, 1.54) is 31.4 Å². The normalized spacial score (nSPS) is 12.0. The Balaban J connectivity index is 2.38. The number of carbonyl (C=O) groups is 2. The molecule has 7 heteroatoms. The van der Waals surface area contributed by atoms with Gasteiger partial charge in [-0.1, -0.05) is 6.92 Å². The average Bonchev–Trinajstić information content (AvgIpc) is 3.01. The van der Waals surface area contributed by atoms with Crippen LogP contribution in [0, 0.1) is 17.6 Å². The second kappa shape index (κ2) is 6.38. The highest BCUT2D eigenvalue weighted by molar-refractivity contribution is 6.04. The molecule has 0 aliphatic rings. The van der Waals surface area contributed by atoms with Gasteiger partial charge in [-0.05, 0) is 24.3 Å². The lowest BCUT2D eigenvalue weighted by Crippen LogP contribution is -2.37. The van der Waals surface area contributed by atoms with Gasteiger partial charge in [0.1, 0.15) is 0 Å². The Morgan fingerprint density at radius 3 is 2.55 bits per heavy atom. The number of furan rings is 1. The zero-order chi connectivity index (χ0) is 16.3. The van der Waals surface area contributed by atoms with Crippen LogP contribution in [0.5, 0.6) is 0 Å². The Bertz CT molecular complexity index is 685. The summed E-state index contributed by atoms with van der Waals surface area (Å²) in [6, 6.07) is 5.81. The van der Waals surface area contributed by atoms with E-state index in [1.54, 1.807) is 0 Å². The first-order valence-corrected chi connectivity index (χ1v) is 6.43. The summed E-state index contributed by atoms with van der Waals surface area (Å²) >= 11 is 0. The van der Waals surface area contributed by atoms with Crippen LogP contribution in [0.25, 0.3) is 0 Å². The van der Waals surface area contributed by atoms with Crippen molar-refractivity contribution in [2.45, 2.75) is 6.92 Å². The molecule has 1 amide bonds. The lowest BCUT2D eigenvalue weighted by molar-refractivity contribution is -0.140. The first-order valence-electron chi connectivity index (χ1n) is 6.43. The first-order chi connectivity index (χ1) is 10.4. The van der Waals surface area contributed by atoms with Gasteiger partial charge in [0.25, 0.3) is 5.91 Å². The molecule has 0 spiro atoms. The molecule has 22 heavy (non-hydrogen) atoms. The molecule has 1 atom stereocenters. The predicted molar refractivity (Wildman–Crippen MR) is 73.5 cm³/mol. The van der Waals surface area contributed by atoms with Crippen LogP contribution in [0.3, 0.4) is 0 Å². The molecule has 1 N–H and O–H groups in total. The number of rotatable bonds is 5. The Morgan fingerprint density at radius 1 is 1.27 bits per heavy atom. The molecule has 2 rings (SSSR count). The van der Waals surface area contributed by atoms with Gasteiger partial charge in [0.05, 0.1) is 12.2 Å². The number of hydrogen-bond acceptors (Lipinski definition) is 3. The summed E-state index contributed by atoms with van der Waals surface area (Å²) < 4.78 is 31.4. The third-order valence-corrected chi connectivity index (χ3v) is 3.07. The van der Waals surface area contributed by atoms with Gasteiger partial charge in [0.2, 0.25) is 0 Å². The third-order valence-electron chi connectivity index (χ3n) is 3.07. The van der Waals surface area contributed by atoms with Crippen LogP contribution in [-0.2, 0) is 4.79 Å². The number of benzene rings is 1. The number of nitrogens with zero attached hydrogens (tertiary/aromatic N) is 1. The van der Waals surface area contributed by atoms with Crippen molar-refractivity contribution in [3.05, 3.63) is 54.0 Å². The smallest absolute Gasteiger partial charge is 0.308 e. The van der Waals surface area contributed by atoms with Crippen molar-refractivity contribution in [2.75, 3.05) is 11.4 Å². The summed E-state index contributed by atoms with van der Waals surface area (Å²) in [5, 5.41) is 8.99. The van der Waals surface area contributed by atoms with Crippen LogP contribution in [0.4, 0.5) is 14.5 Å². The van der Waals surface area contributed by atoms with Crippen LogP contribution in [0.1, 0.15) is 17.5 Å². The van der Waals surface area contributed by atoms with E-state index >= 15 is 0 Å². The van der Waals surface area contributed by atoms with Crippen molar-refractivity contribution < 1.29 is 27.9 Å². The summed E-state index contributed by atoms with van der Waals surface area (Å²) in [7, 11) is 0. The van der Waals surface area contributed by atoms with Gasteiger partial charge in [-0.2, -0.15) is 0 Å². The predicted octanol–water partition coefficient (Wildman–Crippen LogP) is 2.93. The van der Waals surface area contributed by atoms with Crippen LogP contribution >= 0.6 is 0 Å². The van der Waals surface area contributed by atoms with Crippen LogP contribution < -0.4 is 4.90 Å². The van der Waals surface area contributed by atoms with E-state index in [4.69, 9.17) is 9.52 Å². The lowest BCUT2D eigenvalue weighted by atomic mass is 10.1. The van der Waals surface area contributed by atoms with E-state index in [9.17, 15) is 18.4 Å². The number of aliphatic carboxylic acids is 1. The molecule has 1 aromatic heterocycles. The largest absolute Gasteiger partial charge is 0.481 e. The highest BCUT2D eigenvalue weighted by atomic mass is 19.2. The molecule has 2 aromatic rings. The number of halogens is 2. The molecule has 1 aromatic carbocycles. The molecule has 0 aliphatic heterocycles. The molecule has 0 radical (unpaired) electrons. The fourth-order valence-corrected chi connectivity index (χ4v) is 1.84. The third kappa shape index (κ3) is 3.30. The first kappa shape index (κ1) is 15.7. The molecule has 116 valence electrons. The zero-order valence-corrected chi connectivity index (χ0v) is 11.6. The second-order valence-electron chi connectivity index (χ2n) is 4.73. The molecule has 0 bridgehead atoms. The standard InChI is InChI=1S/C15H13F2NO4/c1-9(15(20)21)8-18(14(19)13-3-2-6-22-13)10-4-5-11(16)12(17)7-10/h2-7,9H,8H2,1H3,(H,20,21). The van der Waals surface area contributed by atoms with Gasteiger partial charge in [-0.25, -0.2) is 8.78 Å². The van der Waals surface area contributed by atoms with Crippen molar-refractivity contribution >= 4 is 17.6 Å². The maximum atomic E-state index is 13.4. The van der Waals surface area contributed by atoms with Crippen LogP contribution in [-0.4, -0.2) is 23.5 Å². The molecular formula is C15H13F2NO4. The van der Waals surface area contributed by atoms with Crippen molar-refractivity contribution in [1.82, 2.24) is 0 Å². The monoisotopic (exact) mass is 309 g/mol. The molecular weight excluding hydrogens is 296 g/mol. The Labute approximate surface area is 124 Å². The van der Waals surface area contributed by atoms with Crippen molar-refractivity contribution in [3.8, 4) is 0 Å². The van der Waals surface area contributed by atoms with Gasteiger partial charge in [0, 0.05) is 18.3 Å². The van der Waals surface area contributed by atoms with E-state index in [1.807, 2.05) is 0 Å². The fourth-order valence-electron chi connectivity index (χ4n) is 1.84. The molecule has 5 nitrogen and oxygen atoms in total. The summed E-state index contributed by atoms with van der Waals surface area (Å²) in [5.41, 5.74) is 0.0494. The van der Waals surface area contributed by atoms with Crippen LogP contribution in [0.15, 0.2) is 41.0 Å². The van der Waals surface area contributed by atoms with E-state index in [0.717, 1.165) is 17.0 Å². The lowest BCUT2D eigenvalue weighted by Gasteiger charge is -2.23. The second-order valence-corrected chi connectivity index (χ2v) is 4.73. The number of anilines is 1. The van der Waals surface area contributed by atoms with Gasteiger partial charge < -0.3 is 14.4 Å². The number of amides is 1. The number of hydrogen-bond donors (Lipinski definition) is 1. The minimum Gasteiger partial charge on any atom is -0.481 e. The average molecular weight is 309 g/mol. The number of carboxylic acids is 1. The quantitative estimate of drug-likeness (QED) is 0.922. The van der Waals surface area contributed by atoms with E-state index in [2.05, 4.69) is 0 Å². The van der Waals surface area contributed by atoms with E-state index in [-0.39, 0.29) is 18.0 Å². The summed E-state index contributed by atoms with van der Waals surface area (Å²) in [4.78, 5) is 24.4. The number of carbonyl (C=O) groups excluding carboxylic acids is 1. The van der Waals surface area contributed by atoms with Gasteiger partial charge >= 0.3 is 5.97 Å². The molecule has 1 unspecified atom stereocenters. The Kier molecular flexibility index (Phi) is 4.55. The summed E-state index contributed by atoms with van der Waals surface area (Å²) in [5.74, 6) is -4.85. The van der Waals surface area contributed by atoms with Gasteiger partial charge in [-0.3, -0.25) is 9.59 Å². The topological polar surface area (TPSA) is 70.8 Å². The maximum absolute atomic E-state index is 13.4. The van der Waals surface area contributed by atoms with Gasteiger partial charge in [0.15, 0.2) is 17.4 Å². The highest BCUT2D eigenvalue weighted by Crippen LogP contribution is 2.22. The SMILES string of the molecule is CC(CN(C(=O)c1ccco1)c1ccc(F)c(F)c1)C(=O)O. The minimum atomic E-state index is -1.13. The zero-order valence-electron chi connectivity index (χ0n) is 11.6. The highest BCUT2D eigenvalue weighted by Gasteiger charge is 2.25. The maximum Gasteiger partial charge on any atom is 0.308 e. The van der Waals surface area contributed by atoms with Crippen LogP contribution in [0.2, 0.25) is 0 Å². The molecule has 0 saturated heterocycles. The molecule has 0 saturated carbocycles. The molecule has 0 aliphatic carbocycles. The molecule has 1 heterocycles. The van der Waals surface area contributed by atoms with E-state index < -0.39 is 29.4 Å². The van der Waals surface area contributed by atoms with Crippen molar-refractivity contribution in [3.63, 3.8) is 0 Å².